The second-order valence-corrected chi connectivity index (χ2v) is 5.32. The number of benzene rings is 1. The van der Waals surface area contributed by atoms with Gasteiger partial charge in [0.2, 0.25) is 0 Å². The summed E-state index contributed by atoms with van der Waals surface area (Å²) in [5.74, 6) is 1.36. The lowest BCUT2D eigenvalue weighted by Crippen LogP contribution is -2.38. The Bertz CT molecular complexity index is 381. The molecule has 0 aromatic heterocycles. The number of para-hydroxylation sites is 1. The quantitative estimate of drug-likeness (QED) is 0.888. The van der Waals surface area contributed by atoms with Crippen molar-refractivity contribution in [3.05, 3.63) is 29.8 Å². The van der Waals surface area contributed by atoms with Crippen LogP contribution >= 0.6 is 0 Å². The van der Waals surface area contributed by atoms with E-state index in [1.165, 1.54) is 18.5 Å². The van der Waals surface area contributed by atoms with Crippen molar-refractivity contribution >= 4 is 0 Å². The van der Waals surface area contributed by atoms with Crippen LogP contribution in [0.15, 0.2) is 24.3 Å². The van der Waals surface area contributed by atoms with Crippen LogP contribution in [-0.2, 0) is 0 Å². The Labute approximate surface area is 110 Å². The second-order valence-electron chi connectivity index (χ2n) is 5.32. The predicted molar refractivity (Wildman–Crippen MR) is 75.1 cm³/mol. The van der Waals surface area contributed by atoms with Gasteiger partial charge in [-0.1, -0.05) is 25.1 Å². The van der Waals surface area contributed by atoms with Crippen molar-refractivity contribution in [1.29, 1.82) is 0 Å². The molecular formula is C15H24N2O. The zero-order valence-electron chi connectivity index (χ0n) is 11.4. The van der Waals surface area contributed by atoms with E-state index in [-0.39, 0.29) is 0 Å². The SMILES string of the molecule is CC(CN)c1ccccc1OC1CCCN(C)C1. The van der Waals surface area contributed by atoms with Crippen LogP contribution in [0.25, 0.3) is 0 Å². The van der Waals surface area contributed by atoms with E-state index < -0.39 is 0 Å². The van der Waals surface area contributed by atoms with E-state index in [0.717, 1.165) is 18.7 Å². The molecule has 3 heteroatoms. The van der Waals surface area contributed by atoms with Crippen LogP contribution < -0.4 is 10.5 Å². The molecule has 1 aromatic carbocycles. The summed E-state index contributed by atoms with van der Waals surface area (Å²) in [4.78, 5) is 2.34. The molecule has 0 radical (unpaired) electrons. The Morgan fingerprint density at radius 2 is 2.22 bits per heavy atom. The lowest BCUT2D eigenvalue weighted by molar-refractivity contribution is 0.103. The summed E-state index contributed by atoms with van der Waals surface area (Å²) in [6.45, 7) is 5.01. The number of ether oxygens (including phenoxy) is 1. The summed E-state index contributed by atoms with van der Waals surface area (Å²) in [5.41, 5.74) is 6.99. The summed E-state index contributed by atoms with van der Waals surface area (Å²) in [7, 11) is 2.16. The summed E-state index contributed by atoms with van der Waals surface area (Å²) >= 11 is 0. The number of piperidine rings is 1. The zero-order valence-corrected chi connectivity index (χ0v) is 11.4. The van der Waals surface area contributed by atoms with Gasteiger partial charge in [-0.15, -0.1) is 0 Å². The van der Waals surface area contributed by atoms with E-state index in [4.69, 9.17) is 10.5 Å². The molecule has 1 fully saturated rings. The highest BCUT2D eigenvalue weighted by Crippen LogP contribution is 2.27. The van der Waals surface area contributed by atoms with Crippen LogP contribution in [0, 0.1) is 0 Å². The number of hydrogen-bond donors (Lipinski definition) is 1. The largest absolute Gasteiger partial charge is 0.489 e. The topological polar surface area (TPSA) is 38.5 Å². The third kappa shape index (κ3) is 3.24. The maximum absolute atomic E-state index is 6.18. The summed E-state index contributed by atoms with van der Waals surface area (Å²) < 4.78 is 6.18. The molecule has 3 nitrogen and oxygen atoms in total. The van der Waals surface area contributed by atoms with Crippen LogP contribution in [0.1, 0.15) is 31.2 Å². The van der Waals surface area contributed by atoms with Gasteiger partial charge in [0, 0.05) is 6.54 Å². The molecule has 2 N–H and O–H groups in total. The smallest absolute Gasteiger partial charge is 0.123 e. The monoisotopic (exact) mass is 248 g/mol. The van der Waals surface area contributed by atoms with E-state index in [1.54, 1.807) is 0 Å². The predicted octanol–water partition coefficient (Wildman–Crippen LogP) is 2.22. The molecule has 100 valence electrons. The van der Waals surface area contributed by atoms with Gasteiger partial charge < -0.3 is 15.4 Å². The Morgan fingerprint density at radius 1 is 1.44 bits per heavy atom. The van der Waals surface area contributed by atoms with Crippen molar-refractivity contribution in [2.24, 2.45) is 5.73 Å². The number of hydrogen-bond acceptors (Lipinski definition) is 3. The first-order valence-corrected chi connectivity index (χ1v) is 6.85. The molecule has 2 unspecified atom stereocenters. The van der Waals surface area contributed by atoms with Gasteiger partial charge in [-0.3, -0.25) is 0 Å². The molecule has 0 spiro atoms. The highest BCUT2D eigenvalue weighted by molar-refractivity contribution is 5.36. The molecule has 0 amide bonds. The van der Waals surface area contributed by atoms with Crippen LogP contribution in [0.5, 0.6) is 5.75 Å². The third-order valence-electron chi connectivity index (χ3n) is 3.68. The van der Waals surface area contributed by atoms with Crippen molar-refractivity contribution in [2.45, 2.75) is 31.8 Å². The molecule has 1 heterocycles. The van der Waals surface area contributed by atoms with Gasteiger partial charge in [0.25, 0.3) is 0 Å². The third-order valence-corrected chi connectivity index (χ3v) is 3.68. The average molecular weight is 248 g/mol. The summed E-state index contributed by atoms with van der Waals surface area (Å²) in [6.07, 6.45) is 2.68. The Kier molecular flexibility index (Phi) is 4.61. The Balaban J connectivity index is 2.08. The molecule has 1 aliphatic heterocycles. The molecule has 1 aromatic rings. The highest BCUT2D eigenvalue weighted by Gasteiger charge is 2.20. The van der Waals surface area contributed by atoms with E-state index >= 15 is 0 Å². The first-order chi connectivity index (χ1) is 8.70. The molecular weight excluding hydrogens is 224 g/mol. The molecule has 1 saturated heterocycles. The summed E-state index contributed by atoms with van der Waals surface area (Å²) in [6, 6.07) is 8.28. The van der Waals surface area contributed by atoms with E-state index in [1.807, 2.05) is 6.07 Å². The Hall–Kier alpha value is -1.06. The highest BCUT2D eigenvalue weighted by atomic mass is 16.5. The standard InChI is InChI=1S/C15H24N2O/c1-12(10-16)14-7-3-4-8-15(14)18-13-6-5-9-17(2)11-13/h3-4,7-8,12-13H,5-6,9-11,16H2,1-2H3. The van der Waals surface area contributed by atoms with E-state index in [0.29, 0.717) is 18.6 Å². The Morgan fingerprint density at radius 3 is 2.94 bits per heavy atom. The van der Waals surface area contributed by atoms with E-state index in [2.05, 4.69) is 37.1 Å². The molecule has 0 saturated carbocycles. The van der Waals surface area contributed by atoms with E-state index in [9.17, 15) is 0 Å². The molecule has 0 bridgehead atoms. The maximum atomic E-state index is 6.18. The fraction of sp³-hybridized carbons (Fsp3) is 0.600. The van der Waals surface area contributed by atoms with Gasteiger partial charge in [-0.25, -0.2) is 0 Å². The van der Waals surface area contributed by atoms with Crippen LogP contribution in [-0.4, -0.2) is 37.7 Å². The van der Waals surface area contributed by atoms with Gasteiger partial charge in [0.15, 0.2) is 0 Å². The fourth-order valence-electron chi connectivity index (χ4n) is 2.52. The second kappa shape index (κ2) is 6.21. The van der Waals surface area contributed by atoms with Crippen LogP contribution in [0.4, 0.5) is 0 Å². The van der Waals surface area contributed by atoms with Crippen LogP contribution in [0.3, 0.4) is 0 Å². The van der Waals surface area contributed by atoms with Gasteiger partial charge in [-0.05, 0) is 50.5 Å². The minimum Gasteiger partial charge on any atom is -0.489 e. The number of nitrogens with zero attached hydrogens (tertiary/aromatic N) is 1. The van der Waals surface area contributed by atoms with Crippen molar-refractivity contribution < 1.29 is 4.74 Å². The lowest BCUT2D eigenvalue weighted by Gasteiger charge is -2.31. The van der Waals surface area contributed by atoms with Crippen molar-refractivity contribution in [3.8, 4) is 5.75 Å². The normalized spacial score (nSPS) is 22.7. The number of likely N-dealkylation sites (N-methyl/N-ethyl adjacent to an activating group) is 1. The average Bonchev–Trinajstić information content (AvgIpc) is 2.38. The van der Waals surface area contributed by atoms with Crippen molar-refractivity contribution in [2.75, 3.05) is 26.7 Å². The molecule has 1 aliphatic rings. The zero-order chi connectivity index (χ0) is 13.0. The first kappa shape index (κ1) is 13.4. The number of likely N-dealkylation sites (tertiary alicyclic amines) is 1. The molecule has 0 aliphatic carbocycles. The summed E-state index contributed by atoms with van der Waals surface area (Å²) in [5, 5.41) is 0. The number of rotatable bonds is 4. The van der Waals surface area contributed by atoms with Gasteiger partial charge in [0.05, 0.1) is 0 Å². The number of nitrogens with two attached hydrogens (primary N) is 1. The van der Waals surface area contributed by atoms with Gasteiger partial charge in [0.1, 0.15) is 11.9 Å². The lowest BCUT2D eigenvalue weighted by atomic mass is 10.00. The maximum Gasteiger partial charge on any atom is 0.123 e. The van der Waals surface area contributed by atoms with Crippen molar-refractivity contribution in [3.63, 3.8) is 0 Å². The molecule has 2 atom stereocenters. The minimum absolute atomic E-state index is 0.315. The van der Waals surface area contributed by atoms with Crippen LogP contribution in [0.2, 0.25) is 0 Å². The minimum atomic E-state index is 0.315. The van der Waals surface area contributed by atoms with Crippen molar-refractivity contribution in [1.82, 2.24) is 4.90 Å². The fourth-order valence-corrected chi connectivity index (χ4v) is 2.52. The molecule has 18 heavy (non-hydrogen) atoms. The van der Waals surface area contributed by atoms with Gasteiger partial charge in [-0.2, -0.15) is 0 Å². The van der Waals surface area contributed by atoms with Gasteiger partial charge >= 0.3 is 0 Å². The molecule has 2 rings (SSSR count). The first-order valence-electron chi connectivity index (χ1n) is 6.85.